The Bertz CT molecular complexity index is 1520. The van der Waals surface area contributed by atoms with Crippen LogP contribution in [0, 0.1) is 6.92 Å². The molecule has 1 fully saturated rings. The van der Waals surface area contributed by atoms with E-state index in [2.05, 4.69) is 27.0 Å². The van der Waals surface area contributed by atoms with Gasteiger partial charge in [-0.25, -0.2) is 0 Å². The Morgan fingerprint density at radius 2 is 1.83 bits per heavy atom. The molecule has 0 amide bonds. The van der Waals surface area contributed by atoms with Crippen LogP contribution in [-0.4, -0.2) is 62.5 Å². The Balaban J connectivity index is 1.54. The van der Waals surface area contributed by atoms with Gasteiger partial charge in [0.1, 0.15) is 11.4 Å². The second-order valence-electron chi connectivity index (χ2n) is 9.33. The maximum absolute atomic E-state index is 13.2. The van der Waals surface area contributed by atoms with Gasteiger partial charge in [-0.15, -0.1) is 0 Å². The van der Waals surface area contributed by atoms with Gasteiger partial charge < -0.3 is 23.7 Å². The van der Waals surface area contributed by atoms with Crippen LogP contribution in [0.4, 0.5) is 17.1 Å². The summed E-state index contributed by atoms with van der Waals surface area (Å²) in [5.41, 5.74) is 6.07. The summed E-state index contributed by atoms with van der Waals surface area (Å²) in [6.45, 7) is 5.38. The maximum atomic E-state index is 13.2. The number of rotatable bonds is 3. The number of hydrogen-bond acceptors (Lipinski definition) is 7. The molecule has 1 unspecified atom stereocenters. The number of anilines is 3. The molecule has 186 valence electrons. The zero-order valence-corrected chi connectivity index (χ0v) is 21.4. The van der Waals surface area contributed by atoms with Gasteiger partial charge in [-0.05, 0) is 36.3 Å². The zero-order valence-electron chi connectivity index (χ0n) is 20.6. The zero-order chi connectivity index (χ0) is 25.0. The van der Waals surface area contributed by atoms with Crippen molar-refractivity contribution in [3.05, 3.63) is 58.8 Å². The molecule has 1 saturated heterocycles. The number of fused-ring (bicyclic) bond motifs is 2. The molecule has 0 saturated carbocycles. The first-order valence-corrected chi connectivity index (χ1v) is 13.3. The van der Waals surface area contributed by atoms with Gasteiger partial charge in [-0.1, -0.05) is 0 Å². The molecule has 1 aromatic carbocycles. The summed E-state index contributed by atoms with van der Waals surface area (Å²) in [6.07, 6.45) is 5.48. The Labute approximate surface area is 212 Å². The summed E-state index contributed by atoms with van der Waals surface area (Å²) in [7, 11) is 3.69. The summed E-state index contributed by atoms with van der Waals surface area (Å²) < 4.78 is 22.2. The largest absolute Gasteiger partial charge is 0.611 e. The lowest BCUT2D eigenvalue weighted by atomic mass is 10.1. The number of aromatic nitrogens is 4. The molecule has 2 aliphatic heterocycles. The van der Waals surface area contributed by atoms with E-state index in [1.54, 1.807) is 15.4 Å². The lowest BCUT2D eigenvalue weighted by Gasteiger charge is -2.34. The van der Waals surface area contributed by atoms with E-state index in [0.717, 1.165) is 57.2 Å². The summed E-state index contributed by atoms with van der Waals surface area (Å²) in [5, 5.41) is 5.24. The fourth-order valence-electron chi connectivity index (χ4n) is 5.09. The lowest BCUT2D eigenvalue weighted by molar-refractivity contribution is 0.122. The van der Waals surface area contributed by atoms with Crippen LogP contribution in [-0.2, 0) is 30.0 Å². The number of aryl methyl sites for hydroxylation is 3. The van der Waals surface area contributed by atoms with E-state index in [4.69, 9.17) is 9.72 Å². The third kappa shape index (κ3) is 3.85. The second-order valence-corrected chi connectivity index (χ2v) is 10.9. The van der Waals surface area contributed by atoms with Crippen molar-refractivity contribution in [2.75, 3.05) is 48.4 Å². The predicted molar refractivity (Wildman–Crippen MR) is 142 cm³/mol. The first-order valence-electron chi connectivity index (χ1n) is 12.0. The number of hydrogen-bond donors (Lipinski definition) is 0. The standard InChI is InChI=1S/C26H28N6O3S/c1-17-10-20-22(30(3)26(17)33)11-19(31-4-7-35-8-5-31)12-23(20)32-6-9-36(34)25-13-21(27-15-24(25)32)18-14-28-29(2)16-18/h10-16H,4-9H2,1-3H3. The van der Waals surface area contributed by atoms with E-state index in [-0.39, 0.29) is 5.56 Å². The van der Waals surface area contributed by atoms with Gasteiger partial charge in [-0.2, -0.15) is 5.10 Å². The fourth-order valence-corrected chi connectivity index (χ4v) is 6.30. The van der Waals surface area contributed by atoms with E-state index < -0.39 is 11.2 Å². The van der Waals surface area contributed by atoms with Crippen LogP contribution < -0.4 is 15.4 Å². The molecular weight excluding hydrogens is 476 g/mol. The first-order chi connectivity index (χ1) is 17.4. The molecule has 4 aromatic rings. The van der Waals surface area contributed by atoms with Gasteiger partial charge in [0.15, 0.2) is 4.90 Å². The lowest BCUT2D eigenvalue weighted by Crippen LogP contribution is -2.37. The number of nitrogens with zero attached hydrogens (tertiary/aromatic N) is 6. The molecular formula is C26H28N6O3S. The molecule has 5 heterocycles. The average molecular weight is 505 g/mol. The molecule has 0 N–H and O–H groups in total. The first kappa shape index (κ1) is 23.1. The highest BCUT2D eigenvalue weighted by Crippen LogP contribution is 2.41. The van der Waals surface area contributed by atoms with Gasteiger partial charge in [0, 0.05) is 61.6 Å². The summed E-state index contributed by atoms with van der Waals surface area (Å²) in [6, 6.07) is 8.17. The van der Waals surface area contributed by atoms with Gasteiger partial charge in [0.2, 0.25) is 0 Å². The minimum atomic E-state index is -1.13. The van der Waals surface area contributed by atoms with Crippen LogP contribution in [0.5, 0.6) is 0 Å². The molecule has 10 heteroatoms. The van der Waals surface area contributed by atoms with Crippen molar-refractivity contribution in [3.8, 4) is 11.3 Å². The second kappa shape index (κ2) is 8.95. The Kier molecular flexibility index (Phi) is 5.74. The SMILES string of the molecule is Cc1cc2c(N3CC[S+]([O-])c4cc(-c5cnn(C)c5)ncc43)cc(N3CCOCC3)cc2n(C)c1=O. The van der Waals surface area contributed by atoms with Crippen LogP contribution in [0.2, 0.25) is 0 Å². The third-order valence-corrected chi connectivity index (χ3v) is 8.41. The summed E-state index contributed by atoms with van der Waals surface area (Å²) in [4.78, 5) is 22.8. The Morgan fingerprint density at radius 3 is 2.58 bits per heavy atom. The van der Waals surface area contributed by atoms with Crippen molar-refractivity contribution in [1.29, 1.82) is 0 Å². The molecule has 0 bridgehead atoms. The minimum Gasteiger partial charge on any atom is -0.611 e. The quantitative estimate of drug-likeness (QED) is 0.396. The van der Waals surface area contributed by atoms with Crippen molar-refractivity contribution < 1.29 is 9.29 Å². The number of ether oxygens (including phenoxy) is 1. The molecule has 0 spiro atoms. The normalized spacial score (nSPS) is 18.1. The van der Waals surface area contributed by atoms with Crippen molar-refractivity contribution in [2.45, 2.75) is 11.8 Å². The molecule has 0 aliphatic carbocycles. The summed E-state index contributed by atoms with van der Waals surface area (Å²) in [5.74, 6) is 0.511. The van der Waals surface area contributed by atoms with E-state index in [1.165, 1.54) is 0 Å². The van der Waals surface area contributed by atoms with Crippen molar-refractivity contribution in [2.24, 2.45) is 14.1 Å². The summed E-state index contributed by atoms with van der Waals surface area (Å²) >= 11 is -1.13. The van der Waals surface area contributed by atoms with Gasteiger partial charge >= 0.3 is 0 Å². The van der Waals surface area contributed by atoms with Crippen LogP contribution in [0.15, 0.2) is 52.5 Å². The minimum absolute atomic E-state index is 0.00416. The molecule has 1 atom stereocenters. The number of pyridine rings is 2. The molecule has 9 nitrogen and oxygen atoms in total. The Hall–Kier alpha value is -3.34. The van der Waals surface area contributed by atoms with Crippen molar-refractivity contribution in [3.63, 3.8) is 0 Å². The van der Waals surface area contributed by atoms with Crippen LogP contribution in [0.1, 0.15) is 5.56 Å². The highest BCUT2D eigenvalue weighted by Gasteiger charge is 2.31. The topological polar surface area (TPSA) is 91.5 Å². The number of benzene rings is 1. The highest BCUT2D eigenvalue weighted by atomic mass is 32.2. The molecule has 3 aromatic heterocycles. The van der Waals surface area contributed by atoms with E-state index in [1.807, 2.05) is 45.5 Å². The van der Waals surface area contributed by atoms with E-state index in [0.29, 0.717) is 31.1 Å². The third-order valence-electron chi connectivity index (χ3n) is 7.04. The van der Waals surface area contributed by atoms with E-state index in [9.17, 15) is 9.35 Å². The van der Waals surface area contributed by atoms with Gasteiger partial charge in [0.25, 0.3) is 5.56 Å². The monoisotopic (exact) mass is 504 g/mol. The van der Waals surface area contributed by atoms with Crippen molar-refractivity contribution in [1.82, 2.24) is 19.3 Å². The molecule has 2 aliphatic rings. The van der Waals surface area contributed by atoms with E-state index >= 15 is 0 Å². The fraction of sp³-hybridized carbons (Fsp3) is 0.346. The van der Waals surface area contributed by atoms with Crippen LogP contribution in [0.25, 0.3) is 22.2 Å². The van der Waals surface area contributed by atoms with Gasteiger partial charge in [-0.3, -0.25) is 14.5 Å². The molecule has 36 heavy (non-hydrogen) atoms. The van der Waals surface area contributed by atoms with Crippen LogP contribution >= 0.6 is 0 Å². The Morgan fingerprint density at radius 1 is 1.03 bits per heavy atom. The molecule has 6 rings (SSSR count). The predicted octanol–water partition coefficient (Wildman–Crippen LogP) is 2.74. The smallest absolute Gasteiger partial charge is 0.253 e. The molecule has 0 radical (unpaired) electrons. The maximum Gasteiger partial charge on any atom is 0.253 e. The highest BCUT2D eigenvalue weighted by molar-refractivity contribution is 7.91. The van der Waals surface area contributed by atoms with Crippen LogP contribution in [0.3, 0.4) is 0 Å². The average Bonchev–Trinajstić information content (AvgIpc) is 3.34. The van der Waals surface area contributed by atoms with Crippen molar-refractivity contribution >= 4 is 39.1 Å². The number of morpholine rings is 1. The van der Waals surface area contributed by atoms with Gasteiger partial charge in [0.05, 0.1) is 49.1 Å².